The van der Waals surface area contributed by atoms with Crippen molar-refractivity contribution in [3.8, 4) is 11.5 Å². The van der Waals surface area contributed by atoms with Gasteiger partial charge in [0.15, 0.2) is 6.29 Å². The van der Waals surface area contributed by atoms with E-state index in [1.807, 2.05) is 12.1 Å². The van der Waals surface area contributed by atoms with E-state index < -0.39 is 0 Å². The number of nitrogens with zero attached hydrogens (tertiary/aromatic N) is 2. The number of anilines is 2. The fourth-order valence-electron chi connectivity index (χ4n) is 12.5. The first-order valence-corrected chi connectivity index (χ1v) is 27.6. The zero-order valence-corrected chi connectivity index (χ0v) is 44.7. The van der Waals surface area contributed by atoms with Gasteiger partial charge in [0.25, 0.3) is 0 Å². The third kappa shape index (κ3) is 13.9. The van der Waals surface area contributed by atoms with Crippen molar-refractivity contribution in [3.63, 3.8) is 0 Å². The van der Waals surface area contributed by atoms with Gasteiger partial charge in [0.2, 0.25) is 0 Å². The predicted molar refractivity (Wildman–Crippen MR) is 307 cm³/mol. The molecule has 8 nitrogen and oxygen atoms in total. The largest absolute Gasteiger partial charge is 0.508 e. The summed E-state index contributed by atoms with van der Waals surface area (Å²) in [5.41, 5.74) is 13.3. The maximum Gasteiger partial charge on any atom is 0.159 e. The molecular weight excluding hydrogens is 929 g/mol. The van der Waals surface area contributed by atoms with Gasteiger partial charge in [-0.15, -0.1) is 0 Å². The highest BCUT2D eigenvalue weighted by molar-refractivity contribution is 5.57. The molecule has 1 N–H and O–H groups in total. The third-order valence-corrected chi connectivity index (χ3v) is 16.2. The van der Waals surface area contributed by atoms with E-state index >= 15 is 0 Å². The van der Waals surface area contributed by atoms with Crippen molar-refractivity contribution in [2.75, 3.05) is 63.4 Å². The second-order valence-electron chi connectivity index (χ2n) is 22.2. The molecule has 0 saturated carbocycles. The lowest BCUT2D eigenvalue weighted by Crippen LogP contribution is -2.39. The molecule has 3 saturated heterocycles. The van der Waals surface area contributed by atoms with Crippen LogP contribution in [0, 0.1) is 11.8 Å². The molecule has 0 amide bonds. The highest BCUT2D eigenvalue weighted by atomic mass is 16.7. The van der Waals surface area contributed by atoms with E-state index in [4.69, 9.17) is 18.9 Å². The molecule has 8 heteroatoms. The quantitative estimate of drug-likeness (QED) is 0.102. The van der Waals surface area contributed by atoms with Crippen molar-refractivity contribution in [1.82, 2.24) is 0 Å². The molecule has 0 bridgehead atoms. The number of phenols is 1. The van der Waals surface area contributed by atoms with Crippen LogP contribution in [0.1, 0.15) is 148 Å². The molecule has 2 aliphatic carbocycles. The van der Waals surface area contributed by atoms with E-state index in [2.05, 4.69) is 164 Å². The average Bonchev–Trinajstić information content (AvgIpc) is 4.05. The smallest absolute Gasteiger partial charge is 0.159 e. The molecule has 0 radical (unpaired) electrons. The first kappa shape index (κ1) is 55.3. The lowest BCUT2D eigenvalue weighted by molar-refractivity contribution is -0.141. The van der Waals surface area contributed by atoms with Crippen LogP contribution in [0.3, 0.4) is 0 Å². The van der Waals surface area contributed by atoms with E-state index in [1.54, 1.807) is 14.2 Å². The van der Waals surface area contributed by atoms with Crippen LogP contribution in [0.25, 0.3) is 0 Å². The van der Waals surface area contributed by atoms with Crippen LogP contribution in [-0.4, -0.2) is 76.9 Å². The Balaban J connectivity index is 0.000000182. The molecule has 3 aliphatic heterocycles. The van der Waals surface area contributed by atoms with Gasteiger partial charge in [-0.2, -0.15) is 0 Å². The SMILES string of the molecule is C.C1CCOC1.COC(OC)C1CCN(c2ccc([C@@H]3c4ccc(OC(C)(C)C)cc4CC[C@@H]3c3ccccc3)cc2)CC1.O=CC1CCN(c2ccc([C@@H]3c4ccc(O)cc4CC[C@@H]3c3ccccc3)cc2)CC1. The minimum Gasteiger partial charge on any atom is -0.508 e. The Morgan fingerprint density at radius 1 is 0.573 bits per heavy atom. The van der Waals surface area contributed by atoms with Crippen LogP contribution in [0.2, 0.25) is 0 Å². The van der Waals surface area contributed by atoms with Crippen molar-refractivity contribution in [2.45, 2.75) is 128 Å². The predicted octanol–water partition coefficient (Wildman–Crippen LogP) is 14.7. The van der Waals surface area contributed by atoms with Gasteiger partial charge >= 0.3 is 0 Å². The highest BCUT2D eigenvalue weighted by Gasteiger charge is 2.35. The van der Waals surface area contributed by atoms with Gasteiger partial charge in [0.05, 0.1) is 0 Å². The van der Waals surface area contributed by atoms with E-state index in [0.717, 1.165) is 103 Å². The molecule has 3 heterocycles. The van der Waals surface area contributed by atoms with E-state index in [0.29, 0.717) is 29.4 Å². The number of rotatable bonds is 11. The number of phenolic OH excluding ortho intramolecular Hbond substituents is 1. The fourth-order valence-corrected chi connectivity index (χ4v) is 12.5. The first-order valence-electron chi connectivity index (χ1n) is 27.6. The molecule has 3 fully saturated rings. The van der Waals surface area contributed by atoms with Gasteiger partial charge in [0.1, 0.15) is 23.4 Å². The lowest BCUT2D eigenvalue weighted by Gasteiger charge is -2.37. The molecule has 75 heavy (non-hydrogen) atoms. The van der Waals surface area contributed by atoms with Gasteiger partial charge in [-0.1, -0.05) is 104 Å². The number of aldehydes is 1. The van der Waals surface area contributed by atoms with Crippen molar-refractivity contribution in [3.05, 3.63) is 190 Å². The molecule has 11 rings (SSSR count). The van der Waals surface area contributed by atoms with Gasteiger partial charge in [-0.3, -0.25) is 0 Å². The molecule has 5 aliphatic rings. The van der Waals surface area contributed by atoms with Crippen LogP contribution >= 0.6 is 0 Å². The number of benzene rings is 6. The van der Waals surface area contributed by atoms with Crippen LogP contribution < -0.4 is 14.5 Å². The first-order chi connectivity index (χ1) is 36.1. The van der Waals surface area contributed by atoms with Gasteiger partial charge in [-0.05, 0) is 190 Å². The Bertz CT molecular complexity index is 2650. The number of methoxy groups -OCH3 is 2. The van der Waals surface area contributed by atoms with Gasteiger partial charge in [0, 0.05) is 88.7 Å². The van der Waals surface area contributed by atoms with E-state index in [9.17, 15) is 9.90 Å². The molecule has 6 aromatic rings. The number of carbonyl (C=O) groups excluding carboxylic acids is 1. The Morgan fingerprint density at radius 3 is 1.48 bits per heavy atom. The maximum absolute atomic E-state index is 11.1. The average molecular weight is 1010 g/mol. The molecular formula is C67H84N2O6. The van der Waals surface area contributed by atoms with Crippen LogP contribution in [-0.2, 0) is 31.8 Å². The molecule has 0 aromatic heterocycles. The van der Waals surface area contributed by atoms with Crippen LogP contribution in [0.15, 0.2) is 146 Å². The van der Waals surface area contributed by atoms with Gasteiger partial charge in [-0.25, -0.2) is 0 Å². The highest BCUT2D eigenvalue weighted by Crippen LogP contribution is 2.49. The minimum atomic E-state index is -0.201. The van der Waals surface area contributed by atoms with Crippen molar-refractivity contribution >= 4 is 17.7 Å². The zero-order valence-electron chi connectivity index (χ0n) is 44.7. The van der Waals surface area contributed by atoms with E-state index in [1.165, 1.54) is 68.7 Å². The summed E-state index contributed by atoms with van der Waals surface area (Å²) in [7, 11) is 3.48. The number of ether oxygens (including phenoxy) is 4. The van der Waals surface area contributed by atoms with Crippen LogP contribution in [0.4, 0.5) is 11.4 Å². The summed E-state index contributed by atoms with van der Waals surface area (Å²) < 4.78 is 22.2. The second-order valence-corrected chi connectivity index (χ2v) is 22.2. The Morgan fingerprint density at radius 2 is 1.04 bits per heavy atom. The summed E-state index contributed by atoms with van der Waals surface area (Å²) in [6, 6.07) is 53.0. The van der Waals surface area contributed by atoms with Crippen molar-refractivity contribution in [2.24, 2.45) is 11.8 Å². The Kier molecular flexibility index (Phi) is 19.3. The fraction of sp³-hybridized carbons (Fsp3) is 0.448. The van der Waals surface area contributed by atoms with Crippen LogP contribution in [0.5, 0.6) is 11.5 Å². The number of fused-ring (bicyclic) bond motifs is 2. The molecule has 0 spiro atoms. The monoisotopic (exact) mass is 1010 g/mol. The Hall–Kier alpha value is -5.93. The topological polar surface area (TPSA) is 80.7 Å². The number of aryl methyl sites for hydroxylation is 2. The molecule has 6 aromatic carbocycles. The summed E-state index contributed by atoms with van der Waals surface area (Å²) in [5, 5.41) is 10.0. The molecule has 398 valence electrons. The molecule has 4 atom stereocenters. The van der Waals surface area contributed by atoms with E-state index in [-0.39, 0.29) is 31.2 Å². The number of carbonyl (C=O) groups is 1. The minimum absolute atomic E-state index is 0. The molecule has 0 unspecified atom stereocenters. The summed E-state index contributed by atoms with van der Waals surface area (Å²) in [6.45, 7) is 12.3. The number of hydrogen-bond acceptors (Lipinski definition) is 8. The Labute approximate surface area is 449 Å². The number of aromatic hydroxyl groups is 1. The van der Waals surface area contributed by atoms with Crippen molar-refractivity contribution in [1.29, 1.82) is 0 Å². The van der Waals surface area contributed by atoms with Crippen molar-refractivity contribution < 1.29 is 28.8 Å². The summed E-state index contributed by atoms with van der Waals surface area (Å²) in [5.74, 6) is 3.48. The zero-order chi connectivity index (χ0) is 51.4. The summed E-state index contributed by atoms with van der Waals surface area (Å²) in [4.78, 5) is 16.0. The third-order valence-electron chi connectivity index (χ3n) is 16.2. The summed E-state index contributed by atoms with van der Waals surface area (Å²) >= 11 is 0. The lowest BCUT2D eigenvalue weighted by atomic mass is 9.69. The maximum atomic E-state index is 11.1. The van der Waals surface area contributed by atoms with Gasteiger partial charge < -0.3 is 38.6 Å². The number of hydrogen-bond donors (Lipinski definition) is 1. The number of piperidine rings is 2. The standard InChI is InChI=1S/C34H43NO3.C28H29NO2.C4H8O.CH4/c1-34(2,3)38-29-16-18-31-27(23-29)13-17-30(24-9-7-6-8-10-24)32(31)25-11-14-28(15-12-25)35-21-19-26(20-22-35)33(36-4)37-5;30-19-20-14-16-29(17-15-20)24-9-6-22(7-10-24)28-26(21-4-2-1-3-5-21)12-8-23-18-25(31)11-13-27(23)28;1-2-4-5-3-1;/h6-12,14-16,18,23,26,30,32-33H,13,17,19-22H2,1-5H3;1-7,9-11,13,18-20,26,28,31H,8,12,14-17H2;1-4H2;1H4/t30-,32+;26-,28+;;/m11../s1. The normalized spacial score (nSPS) is 20.8. The second kappa shape index (κ2) is 26.2. The summed E-state index contributed by atoms with van der Waals surface area (Å²) in [6.07, 6.45) is 11.9.